The van der Waals surface area contributed by atoms with Crippen LogP contribution in [-0.2, 0) is 4.74 Å². The van der Waals surface area contributed by atoms with Crippen molar-refractivity contribution in [1.82, 2.24) is 4.90 Å². The molecular formula is C14H18FNO2. The Bertz CT molecular complexity index is 424. The molecule has 1 N–H and O–H groups in total. The van der Waals surface area contributed by atoms with E-state index in [1.165, 1.54) is 6.08 Å². The van der Waals surface area contributed by atoms with Gasteiger partial charge in [-0.25, -0.2) is 4.39 Å². The summed E-state index contributed by atoms with van der Waals surface area (Å²) in [5, 5.41) is 9.51. The second-order valence-electron chi connectivity index (χ2n) is 5.25. The number of aliphatic hydroxyl groups is 1. The minimum absolute atomic E-state index is 0.115. The number of rotatable bonds is 3. The second-order valence-corrected chi connectivity index (χ2v) is 5.25. The Morgan fingerprint density at radius 3 is 2.89 bits per heavy atom. The Morgan fingerprint density at radius 2 is 2.22 bits per heavy atom. The molecule has 0 amide bonds. The van der Waals surface area contributed by atoms with E-state index in [2.05, 4.69) is 11.5 Å². The molecule has 3 atom stereocenters. The van der Waals surface area contributed by atoms with Gasteiger partial charge in [-0.05, 0) is 17.9 Å². The van der Waals surface area contributed by atoms with Crippen molar-refractivity contribution in [2.24, 2.45) is 17.8 Å². The number of ether oxygens (including phenoxy) is 1. The molecule has 0 spiro atoms. The predicted molar refractivity (Wildman–Crippen MR) is 66.8 cm³/mol. The second kappa shape index (κ2) is 4.52. The van der Waals surface area contributed by atoms with Crippen LogP contribution < -0.4 is 0 Å². The van der Waals surface area contributed by atoms with E-state index in [-0.39, 0.29) is 17.5 Å². The molecule has 3 aliphatic rings. The van der Waals surface area contributed by atoms with Crippen LogP contribution >= 0.6 is 0 Å². The van der Waals surface area contributed by atoms with Gasteiger partial charge < -0.3 is 9.84 Å². The number of aliphatic hydroxyl groups excluding tert-OH is 1. The Kier molecular flexibility index (Phi) is 2.99. The van der Waals surface area contributed by atoms with Crippen LogP contribution in [0.5, 0.6) is 0 Å². The predicted octanol–water partition coefficient (Wildman–Crippen LogP) is 2.05. The van der Waals surface area contributed by atoms with Crippen molar-refractivity contribution in [1.29, 1.82) is 0 Å². The van der Waals surface area contributed by atoms with Crippen LogP contribution in [0.4, 0.5) is 4.39 Å². The molecule has 1 saturated carbocycles. The van der Waals surface area contributed by atoms with E-state index in [0.717, 1.165) is 32.8 Å². The van der Waals surface area contributed by atoms with Crippen molar-refractivity contribution in [3.8, 4) is 0 Å². The van der Waals surface area contributed by atoms with Gasteiger partial charge in [0.25, 0.3) is 0 Å². The topological polar surface area (TPSA) is 32.7 Å². The van der Waals surface area contributed by atoms with Crippen LogP contribution in [0.15, 0.2) is 35.9 Å². The molecule has 2 fully saturated rings. The Hall–Kier alpha value is -1.13. The molecule has 0 aromatic heterocycles. The van der Waals surface area contributed by atoms with Crippen molar-refractivity contribution < 1.29 is 14.2 Å². The zero-order valence-electron chi connectivity index (χ0n) is 10.3. The first-order chi connectivity index (χ1) is 8.68. The molecule has 3 rings (SSSR count). The molecule has 1 saturated heterocycles. The molecule has 98 valence electrons. The van der Waals surface area contributed by atoms with Crippen molar-refractivity contribution in [3.63, 3.8) is 0 Å². The third-order valence-electron chi connectivity index (χ3n) is 4.17. The molecule has 0 radical (unpaired) electrons. The Balaban J connectivity index is 1.68. The summed E-state index contributed by atoms with van der Waals surface area (Å²) < 4.78 is 19.0. The standard InChI is InChI=1S/C14H18FNO2/c1-9(17)13-12(15)3-2-10-11(14(10)13)8-16-4-6-18-7-5-16/h2-3,10-11,14,17H,1,4-8H2/t10-,11+,14?/m0/s1. The van der Waals surface area contributed by atoms with Crippen molar-refractivity contribution in [2.45, 2.75) is 0 Å². The Labute approximate surface area is 106 Å². The lowest BCUT2D eigenvalue weighted by molar-refractivity contribution is 0.0350. The quantitative estimate of drug-likeness (QED) is 0.779. The molecule has 0 bridgehead atoms. The minimum Gasteiger partial charge on any atom is -0.508 e. The summed E-state index contributed by atoms with van der Waals surface area (Å²) in [7, 11) is 0. The minimum atomic E-state index is -0.326. The van der Waals surface area contributed by atoms with E-state index in [0.29, 0.717) is 17.4 Å². The fraction of sp³-hybridized carbons (Fsp3) is 0.571. The van der Waals surface area contributed by atoms with Gasteiger partial charge >= 0.3 is 0 Å². The molecule has 0 aromatic rings. The fourth-order valence-corrected chi connectivity index (χ4v) is 3.16. The fourth-order valence-electron chi connectivity index (χ4n) is 3.16. The number of halogens is 1. The highest BCUT2D eigenvalue weighted by Gasteiger charge is 2.53. The zero-order valence-corrected chi connectivity index (χ0v) is 10.3. The van der Waals surface area contributed by atoms with Gasteiger partial charge in [0.1, 0.15) is 11.6 Å². The van der Waals surface area contributed by atoms with Gasteiger partial charge in [-0.3, -0.25) is 4.90 Å². The molecule has 4 heteroatoms. The molecule has 1 aliphatic heterocycles. The molecule has 18 heavy (non-hydrogen) atoms. The largest absolute Gasteiger partial charge is 0.508 e. The molecule has 0 aromatic carbocycles. The van der Waals surface area contributed by atoms with E-state index in [4.69, 9.17) is 4.74 Å². The first-order valence-corrected chi connectivity index (χ1v) is 6.44. The average Bonchev–Trinajstić information content (AvgIpc) is 3.03. The highest BCUT2D eigenvalue weighted by atomic mass is 19.1. The number of hydrogen-bond acceptors (Lipinski definition) is 3. The van der Waals surface area contributed by atoms with Gasteiger partial charge in [-0.1, -0.05) is 12.7 Å². The zero-order chi connectivity index (χ0) is 12.7. The summed E-state index contributed by atoms with van der Waals surface area (Å²) in [6.07, 6.45) is 3.40. The number of fused-ring (bicyclic) bond motifs is 1. The van der Waals surface area contributed by atoms with E-state index >= 15 is 0 Å². The van der Waals surface area contributed by atoms with Gasteiger partial charge in [0.15, 0.2) is 0 Å². The number of allylic oxidation sites excluding steroid dienone is 4. The summed E-state index contributed by atoms with van der Waals surface area (Å²) in [5.41, 5.74) is 0.417. The van der Waals surface area contributed by atoms with Gasteiger partial charge in [0.2, 0.25) is 0 Å². The third kappa shape index (κ3) is 1.99. The maximum atomic E-state index is 13.7. The van der Waals surface area contributed by atoms with Gasteiger partial charge in [-0.15, -0.1) is 0 Å². The molecule has 1 heterocycles. The van der Waals surface area contributed by atoms with E-state index in [1.807, 2.05) is 6.08 Å². The Morgan fingerprint density at radius 1 is 1.50 bits per heavy atom. The monoisotopic (exact) mass is 251 g/mol. The molecule has 2 aliphatic carbocycles. The summed E-state index contributed by atoms with van der Waals surface area (Å²) in [6.45, 7) is 7.88. The summed E-state index contributed by atoms with van der Waals surface area (Å²) >= 11 is 0. The number of nitrogens with zero attached hydrogens (tertiary/aromatic N) is 1. The van der Waals surface area contributed by atoms with Gasteiger partial charge in [0.05, 0.1) is 13.2 Å². The van der Waals surface area contributed by atoms with Crippen molar-refractivity contribution >= 4 is 0 Å². The first-order valence-electron chi connectivity index (χ1n) is 6.44. The SMILES string of the molecule is C=C(O)C1=C(F)C=C[C@@H]2C1[C@@H]2CN1CCOCC1. The van der Waals surface area contributed by atoms with Crippen LogP contribution in [0.2, 0.25) is 0 Å². The molecular weight excluding hydrogens is 233 g/mol. The van der Waals surface area contributed by atoms with E-state index < -0.39 is 0 Å². The van der Waals surface area contributed by atoms with Crippen LogP contribution in [0.3, 0.4) is 0 Å². The summed E-state index contributed by atoms with van der Waals surface area (Å²) in [5.74, 6) is 0.456. The average molecular weight is 251 g/mol. The number of hydrogen-bond donors (Lipinski definition) is 1. The van der Waals surface area contributed by atoms with Crippen LogP contribution in [0.1, 0.15) is 0 Å². The highest BCUT2D eigenvalue weighted by Crippen LogP contribution is 2.56. The number of morpholine rings is 1. The van der Waals surface area contributed by atoms with Crippen LogP contribution in [0, 0.1) is 17.8 Å². The van der Waals surface area contributed by atoms with Crippen LogP contribution in [0.25, 0.3) is 0 Å². The van der Waals surface area contributed by atoms with Crippen molar-refractivity contribution in [3.05, 3.63) is 35.9 Å². The maximum absolute atomic E-state index is 13.7. The van der Waals surface area contributed by atoms with Crippen molar-refractivity contribution in [2.75, 3.05) is 32.8 Å². The lowest BCUT2D eigenvalue weighted by Crippen LogP contribution is -2.37. The maximum Gasteiger partial charge on any atom is 0.130 e. The van der Waals surface area contributed by atoms with E-state index in [9.17, 15) is 9.50 Å². The molecule has 3 nitrogen and oxygen atoms in total. The smallest absolute Gasteiger partial charge is 0.130 e. The van der Waals surface area contributed by atoms with Crippen LogP contribution in [-0.4, -0.2) is 42.9 Å². The summed E-state index contributed by atoms with van der Waals surface area (Å²) in [4.78, 5) is 2.36. The van der Waals surface area contributed by atoms with Gasteiger partial charge in [0, 0.05) is 31.1 Å². The summed E-state index contributed by atoms with van der Waals surface area (Å²) in [6, 6.07) is 0. The first kappa shape index (κ1) is 11.9. The highest BCUT2D eigenvalue weighted by molar-refractivity contribution is 5.44. The molecule has 1 unspecified atom stereocenters. The normalized spacial score (nSPS) is 35.5. The third-order valence-corrected chi connectivity index (χ3v) is 4.17. The lowest BCUT2D eigenvalue weighted by Gasteiger charge is -2.26. The lowest BCUT2D eigenvalue weighted by atomic mass is 10.0. The van der Waals surface area contributed by atoms with Gasteiger partial charge in [-0.2, -0.15) is 0 Å². The van der Waals surface area contributed by atoms with E-state index in [1.54, 1.807) is 0 Å².